The molecule has 0 aromatic carbocycles. The highest BCUT2D eigenvalue weighted by Crippen LogP contribution is 2.38. The molecule has 0 fully saturated rings. The summed E-state index contributed by atoms with van der Waals surface area (Å²) in [6.45, 7) is 3.97. The summed E-state index contributed by atoms with van der Waals surface area (Å²) in [5.74, 6) is -5.27. The van der Waals surface area contributed by atoms with Crippen LogP contribution in [0.5, 0.6) is 0 Å². The maximum absolute atomic E-state index is 13.0. The average molecular weight is 430 g/mol. The van der Waals surface area contributed by atoms with Crippen LogP contribution < -0.4 is 5.32 Å². The Morgan fingerprint density at radius 1 is 1.00 bits per heavy atom. The molecule has 0 aliphatic heterocycles. The summed E-state index contributed by atoms with van der Waals surface area (Å²) in [4.78, 5) is 11.3. The highest BCUT2D eigenvalue weighted by atomic mass is 28.4. The number of rotatable bonds is 14. The van der Waals surface area contributed by atoms with Crippen molar-refractivity contribution in [3.8, 4) is 0 Å². The molecule has 0 bridgehead atoms. The van der Waals surface area contributed by atoms with Gasteiger partial charge in [0.15, 0.2) is 6.61 Å². The SMILES string of the molecule is CCO[Si](CCCNC(=O)OCC(F)(F)C(F)(F)N(F)F)(OCC)OCC. The van der Waals surface area contributed by atoms with E-state index in [1.54, 1.807) is 20.8 Å². The van der Waals surface area contributed by atoms with Crippen molar-refractivity contribution in [2.45, 2.75) is 45.2 Å². The van der Waals surface area contributed by atoms with E-state index in [0.29, 0.717) is 25.9 Å². The van der Waals surface area contributed by atoms with Crippen molar-refractivity contribution in [1.82, 2.24) is 10.7 Å². The molecule has 162 valence electrons. The van der Waals surface area contributed by atoms with Crippen LogP contribution >= 0.6 is 0 Å². The molecule has 14 heteroatoms. The lowest BCUT2D eigenvalue weighted by Gasteiger charge is -2.28. The molecule has 0 saturated heterocycles. The quantitative estimate of drug-likeness (QED) is 0.150. The Morgan fingerprint density at radius 2 is 1.48 bits per heavy atom. The molecule has 7 nitrogen and oxygen atoms in total. The zero-order chi connectivity index (χ0) is 21.1. The third-order valence-electron chi connectivity index (χ3n) is 3.06. The Morgan fingerprint density at radius 3 is 1.89 bits per heavy atom. The predicted octanol–water partition coefficient (Wildman–Crippen LogP) is 3.45. The number of carbonyl (C=O) groups excluding carboxylic acids is 1. The second-order valence-electron chi connectivity index (χ2n) is 5.07. The molecule has 0 aliphatic rings. The van der Waals surface area contributed by atoms with Crippen LogP contribution in [-0.4, -0.2) is 65.2 Å². The molecule has 0 aliphatic carbocycles. The predicted molar refractivity (Wildman–Crippen MR) is 83.4 cm³/mol. The largest absolute Gasteiger partial charge is 0.500 e. The van der Waals surface area contributed by atoms with E-state index < -0.39 is 38.8 Å². The molecule has 27 heavy (non-hydrogen) atoms. The van der Waals surface area contributed by atoms with E-state index in [9.17, 15) is 31.3 Å². The minimum Gasteiger partial charge on any atom is -0.443 e. The van der Waals surface area contributed by atoms with Crippen LogP contribution in [0.25, 0.3) is 0 Å². The summed E-state index contributed by atoms with van der Waals surface area (Å²) in [5.41, 5.74) is 0. The van der Waals surface area contributed by atoms with Crippen LogP contribution in [0.2, 0.25) is 6.04 Å². The maximum atomic E-state index is 13.0. The van der Waals surface area contributed by atoms with Gasteiger partial charge in [-0.15, -0.1) is 0 Å². The number of carbonyl (C=O) groups is 1. The Hall–Kier alpha value is -1.09. The third kappa shape index (κ3) is 8.21. The van der Waals surface area contributed by atoms with Gasteiger partial charge in [0.05, 0.1) is 5.34 Å². The van der Waals surface area contributed by atoms with Gasteiger partial charge >= 0.3 is 26.9 Å². The summed E-state index contributed by atoms with van der Waals surface area (Å²) in [7, 11) is -2.95. The average Bonchev–Trinajstić information content (AvgIpc) is 2.57. The molecular formula is C13H24F6N2O5Si. The van der Waals surface area contributed by atoms with Crippen LogP contribution in [0.1, 0.15) is 27.2 Å². The lowest BCUT2D eigenvalue weighted by molar-refractivity contribution is -0.402. The van der Waals surface area contributed by atoms with Gasteiger partial charge in [-0.25, -0.2) is 4.79 Å². The van der Waals surface area contributed by atoms with Crippen LogP contribution in [0, 0.1) is 0 Å². The van der Waals surface area contributed by atoms with Crippen molar-refractivity contribution in [2.24, 2.45) is 0 Å². The van der Waals surface area contributed by atoms with Crippen molar-refractivity contribution >= 4 is 14.9 Å². The van der Waals surface area contributed by atoms with Gasteiger partial charge in [0.2, 0.25) is 0 Å². The summed E-state index contributed by atoms with van der Waals surface area (Å²) < 4.78 is 95.4. The second kappa shape index (κ2) is 11.7. The van der Waals surface area contributed by atoms with E-state index in [2.05, 4.69) is 4.74 Å². The molecule has 0 rings (SSSR count). The van der Waals surface area contributed by atoms with E-state index in [0.717, 1.165) is 0 Å². The monoisotopic (exact) mass is 430 g/mol. The van der Waals surface area contributed by atoms with Crippen molar-refractivity contribution in [2.75, 3.05) is 33.0 Å². The summed E-state index contributed by atoms with van der Waals surface area (Å²) in [6, 6.07) is -5.47. The smallest absolute Gasteiger partial charge is 0.443 e. The van der Waals surface area contributed by atoms with Crippen LogP contribution in [0.3, 0.4) is 0 Å². The molecular weight excluding hydrogens is 406 g/mol. The molecule has 0 saturated carbocycles. The standard InChI is InChI=1S/C13H24F6N2O5Si/c1-4-24-27(25-5-2,26-6-3)9-7-8-20-11(22)23-10-12(14,15)13(16,17)21(18)19/h4-10H2,1-3H3,(H,20,22). The summed E-state index contributed by atoms with van der Waals surface area (Å²) in [6.07, 6.45) is -1.19. The number of halogens is 6. The normalized spacial score (nSPS) is 13.1. The van der Waals surface area contributed by atoms with Gasteiger partial charge in [-0.3, -0.25) is 0 Å². The van der Waals surface area contributed by atoms with Crippen molar-refractivity contribution in [3.05, 3.63) is 0 Å². The number of hydrogen-bond acceptors (Lipinski definition) is 6. The molecule has 0 aromatic rings. The van der Waals surface area contributed by atoms with E-state index in [1.807, 2.05) is 5.32 Å². The van der Waals surface area contributed by atoms with Gasteiger partial charge in [0, 0.05) is 32.4 Å². The number of amides is 1. The number of hydrogen-bond donors (Lipinski definition) is 1. The van der Waals surface area contributed by atoms with Crippen molar-refractivity contribution < 1.29 is 49.3 Å². The number of nitrogens with one attached hydrogen (secondary N) is 1. The maximum Gasteiger partial charge on any atom is 0.500 e. The molecule has 0 unspecified atom stereocenters. The van der Waals surface area contributed by atoms with Gasteiger partial charge in [-0.1, -0.05) is 8.96 Å². The van der Waals surface area contributed by atoms with Gasteiger partial charge in [-0.2, -0.15) is 17.6 Å². The van der Waals surface area contributed by atoms with Crippen molar-refractivity contribution in [1.29, 1.82) is 0 Å². The second-order valence-corrected chi connectivity index (χ2v) is 7.80. The Bertz CT molecular complexity index is 430. The molecule has 0 radical (unpaired) electrons. The first kappa shape index (κ1) is 25.9. The van der Waals surface area contributed by atoms with Gasteiger partial charge < -0.3 is 23.3 Å². The highest BCUT2D eigenvalue weighted by molar-refractivity contribution is 6.60. The van der Waals surface area contributed by atoms with Gasteiger partial charge in [0.25, 0.3) is 0 Å². The topological polar surface area (TPSA) is 69.3 Å². The Balaban J connectivity index is 4.43. The highest BCUT2D eigenvalue weighted by Gasteiger charge is 2.63. The molecule has 0 heterocycles. The van der Waals surface area contributed by atoms with Crippen LogP contribution in [-0.2, 0) is 18.0 Å². The lowest BCUT2D eigenvalue weighted by Crippen LogP contribution is -2.51. The Kier molecular flexibility index (Phi) is 11.2. The number of nitrogens with zero attached hydrogens (tertiary/aromatic N) is 1. The minimum absolute atomic E-state index is 0.0822. The van der Waals surface area contributed by atoms with Gasteiger partial charge in [0.1, 0.15) is 0 Å². The van der Waals surface area contributed by atoms with E-state index >= 15 is 0 Å². The molecule has 0 aromatic heterocycles. The van der Waals surface area contributed by atoms with E-state index in [4.69, 9.17) is 13.3 Å². The fraction of sp³-hybridized carbons (Fsp3) is 0.923. The number of ether oxygens (including phenoxy) is 1. The zero-order valence-electron chi connectivity index (χ0n) is 15.2. The van der Waals surface area contributed by atoms with E-state index in [1.165, 1.54) is 0 Å². The van der Waals surface area contributed by atoms with Crippen LogP contribution in [0.4, 0.5) is 31.3 Å². The summed E-state index contributed by atoms with van der Waals surface area (Å²) in [5, 5.41) is -0.887. The molecule has 1 amide bonds. The third-order valence-corrected chi connectivity index (χ3v) is 6.21. The fourth-order valence-electron chi connectivity index (χ4n) is 1.91. The lowest BCUT2D eigenvalue weighted by atomic mass is 10.3. The van der Waals surface area contributed by atoms with E-state index in [-0.39, 0.29) is 13.0 Å². The number of alkyl carbamates (subject to hydrolysis) is 1. The zero-order valence-corrected chi connectivity index (χ0v) is 16.2. The van der Waals surface area contributed by atoms with Gasteiger partial charge in [-0.05, 0) is 27.2 Å². The first-order valence-electron chi connectivity index (χ1n) is 8.17. The first-order valence-corrected chi connectivity index (χ1v) is 10.1. The summed E-state index contributed by atoms with van der Waals surface area (Å²) >= 11 is 0. The molecule has 0 atom stereocenters. The number of alkyl halides is 4. The molecule has 0 spiro atoms. The fourth-order valence-corrected chi connectivity index (χ4v) is 4.53. The molecule has 1 N–H and O–H groups in total. The van der Waals surface area contributed by atoms with Crippen LogP contribution in [0.15, 0.2) is 0 Å². The van der Waals surface area contributed by atoms with Crippen molar-refractivity contribution in [3.63, 3.8) is 0 Å². The first-order chi connectivity index (χ1) is 12.5. The Labute approximate surface area is 154 Å². The minimum atomic E-state index is -5.77.